The molecule has 4 rings (SSSR count). The molecule has 0 saturated carbocycles. The number of rotatable bonds is 7. The van der Waals surface area contributed by atoms with Crippen LogP contribution in [0.25, 0.3) is 28.9 Å². The Hall–Kier alpha value is -3.89. The third kappa shape index (κ3) is 5.13. The van der Waals surface area contributed by atoms with Gasteiger partial charge >= 0.3 is 5.97 Å². The largest absolute Gasteiger partial charge is 0.477 e. The van der Waals surface area contributed by atoms with Gasteiger partial charge < -0.3 is 13.9 Å². The third-order valence-corrected chi connectivity index (χ3v) is 5.61. The molecule has 9 nitrogen and oxygen atoms in total. The lowest BCUT2D eigenvalue weighted by atomic mass is 10.1. The van der Waals surface area contributed by atoms with Crippen LogP contribution in [0.3, 0.4) is 0 Å². The van der Waals surface area contributed by atoms with Crippen LogP contribution in [0.2, 0.25) is 5.02 Å². The van der Waals surface area contributed by atoms with Gasteiger partial charge in [0.05, 0.1) is 4.92 Å². The number of non-ortho nitro benzene ring substituents is 1. The predicted octanol–water partition coefficient (Wildman–Crippen LogP) is 6.08. The Kier molecular flexibility index (Phi) is 6.29. The van der Waals surface area contributed by atoms with Gasteiger partial charge in [0.15, 0.2) is 0 Å². The van der Waals surface area contributed by atoms with E-state index >= 15 is 0 Å². The standard InChI is InChI=1S/C22H14ClN3O6S/c1-12-2-7-15(26(29)30)10-17(12)18-9-8-16(31-18)11-19(21(27)28)33-22-25-24-20(32-22)13-3-5-14(23)6-4-13/h2-11H,1H3,(H,27,28)/b19-11-. The molecule has 0 bridgehead atoms. The topological polar surface area (TPSA) is 132 Å². The first-order chi connectivity index (χ1) is 15.8. The van der Waals surface area contributed by atoms with Gasteiger partial charge in [-0.2, -0.15) is 0 Å². The summed E-state index contributed by atoms with van der Waals surface area (Å²) in [6.45, 7) is 1.80. The number of halogens is 1. The molecule has 0 aliphatic carbocycles. The van der Waals surface area contributed by atoms with Crippen LogP contribution in [0.15, 0.2) is 73.6 Å². The van der Waals surface area contributed by atoms with E-state index in [2.05, 4.69) is 10.2 Å². The van der Waals surface area contributed by atoms with Gasteiger partial charge in [0.25, 0.3) is 10.9 Å². The molecule has 4 aromatic rings. The van der Waals surface area contributed by atoms with Crippen LogP contribution in [-0.2, 0) is 4.79 Å². The molecule has 0 unspecified atom stereocenters. The molecule has 2 aromatic carbocycles. The van der Waals surface area contributed by atoms with Gasteiger partial charge in [-0.25, -0.2) is 4.79 Å². The molecule has 0 atom stereocenters. The predicted molar refractivity (Wildman–Crippen MR) is 122 cm³/mol. The molecule has 11 heteroatoms. The molecular formula is C22H14ClN3O6S. The van der Waals surface area contributed by atoms with Crippen LogP contribution >= 0.6 is 23.4 Å². The van der Waals surface area contributed by atoms with E-state index in [1.807, 2.05) is 0 Å². The fraction of sp³-hybridized carbons (Fsp3) is 0.0455. The highest BCUT2D eigenvalue weighted by Crippen LogP contribution is 2.33. The van der Waals surface area contributed by atoms with Gasteiger partial charge in [-0.15, -0.1) is 10.2 Å². The summed E-state index contributed by atoms with van der Waals surface area (Å²) in [5, 5.41) is 29.1. The number of nitrogens with zero attached hydrogens (tertiary/aromatic N) is 3. The van der Waals surface area contributed by atoms with Crippen LogP contribution in [0.4, 0.5) is 5.69 Å². The Labute approximate surface area is 195 Å². The summed E-state index contributed by atoms with van der Waals surface area (Å²) in [7, 11) is 0. The maximum atomic E-state index is 11.8. The van der Waals surface area contributed by atoms with Crippen molar-refractivity contribution in [2.24, 2.45) is 0 Å². The number of hydrogen-bond donors (Lipinski definition) is 1. The van der Waals surface area contributed by atoms with E-state index in [0.717, 1.165) is 17.3 Å². The van der Waals surface area contributed by atoms with Crippen LogP contribution in [0.1, 0.15) is 11.3 Å². The summed E-state index contributed by atoms with van der Waals surface area (Å²) < 4.78 is 11.3. The van der Waals surface area contributed by atoms with Crippen LogP contribution in [0.5, 0.6) is 0 Å². The molecule has 166 valence electrons. The Bertz CT molecular complexity index is 1380. The Balaban J connectivity index is 1.58. The van der Waals surface area contributed by atoms with E-state index in [1.165, 1.54) is 18.2 Å². The number of thioether (sulfide) groups is 1. The van der Waals surface area contributed by atoms with E-state index in [-0.39, 0.29) is 27.5 Å². The highest BCUT2D eigenvalue weighted by atomic mass is 35.5. The van der Waals surface area contributed by atoms with E-state index in [0.29, 0.717) is 21.9 Å². The maximum absolute atomic E-state index is 11.8. The van der Waals surface area contributed by atoms with Crippen molar-refractivity contribution in [2.75, 3.05) is 0 Å². The Morgan fingerprint density at radius 1 is 1.12 bits per heavy atom. The molecule has 33 heavy (non-hydrogen) atoms. The molecule has 0 spiro atoms. The zero-order valence-corrected chi connectivity index (χ0v) is 18.5. The molecule has 2 aromatic heterocycles. The monoisotopic (exact) mass is 483 g/mol. The number of aliphatic carboxylic acids is 1. The van der Waals surface area contributed by atoms with Crippen molar-refractivity contribution >= 4 is 41.1 Å². The molecule has 1 N–H and O–H groups in total. The molecule has 0 saturated heterocycles. The number of furan rings is 1. The summed E-state index contributed by atoms with van der Waals surface area (Å²) >= 11 is 6.64. The normalized spacial score (nSPS) is 11.5. The van der Waals surface area contributed by atoms with Gasteiger partial charge in [0.2, 0.25) is 5.89 Å². The number of hydrogen-bond acceptors (Lipinski definition) is 8. The fourth-order valence-corrected chi connectivity index (χ4v) is 3.66. The minimum absolute atomic E-state index is 0.0370. The van der Waals surface area contributed by atoms with Gasteiger partial charge in [-0.3, -0.25) is 10.1 Å². The minimum atomic E-state index is -1.21. The average Bonchev–Trinajstić information content (AvgIpc) is 3.44. The lowest BCUT2D eigenvalue weighted by molar-refractivity contribution is -0.384. The molecule has 0 aliphatic rings. The lowest BCUT2D eigenvalue weighted by Crippen LogP contribution is -1.96. The van der Waals surface area contributed by atoms with Crippen molar-refractivity contribution < 1.29 is 23.7 Å². The second kappa shape index (κ2) is 9.31. The Morgan fingerprint density at radius 2 is 1.88 bits per heavy atom. The first-order valence-electron chi connectivity index (χ1n) is 9.37. The van der Waals surface area contributed by atoms with Crippen LogP contribution in [0, 0.1) is 17.0 Å². The Morgan fingerprint density at radius 3 is 2.58 bits per heavy atom. The summed E-state index contributed by atoms with van der Waals surface area (Å²) in [5.74, 6) is -0.366. The van der Waals surface area contributed by atoms with E-state index in [4.69, 9.17) is 20.4 Å². The maximum Gasteiger partial charge on any atom is 0.342 e. The van der Waals surface area contributed by atoms with Gasteiger partial charge in [0, 0.05) is 34.4 Å². The fourth-order valence-electron chi connectivity index (χ4n) is 2.88. The quantitative estimate of drug-likeness (QED) is 0.143. The SMILES string of the molecule is Cc1ccc([N+](=O)[O-])cc1-c1ccc(/C=C(\Sc2nnc(-c3ccc(Cl)cc3)o2)C(=O)O)o1. The zero-order chi connectivity index (χ0) is 23.5. The molecule has 0 amide bonds. The highest BCUT2D eigenvalue weighted by Gasteiger charge is 2.18. The number of aromatic nitrogens is 2. The summed E-state index contributed by atoms with van der Waals surface area (Å²) in [5.41, 5.74) is 1.89. The summed E-state index contributed by atoms with van der Waals surface area (Å²) in [6.07, 6.45) is 1.31. The van der Waals surface area contributed by atoms with Crippen molar-refractivity contribution in [1.29, 1.82) is 0 Å². The minimum Gasteiger partial charge on any atom is -0.477 e. The molecule has 0 fully saturated rings. The van der Waals surface area contributed by atoms with Crippen LogP contribution < -0.4 is 0 Å². The van der Waals surface area contributed by atoms with E-state index in [1.54, 1.807) is 49.4 Å². The second-order valence-corrected chi connectivity index (χ2v) is 8.18. The first kappa shape index (κ1) is 22.3. The number of carbonyl (C=O) groups is 1. The number of nitro groups is 1. The van der Waals surface area contributed by atoms with E-state index in [9.17, 15) is 20.0 Å². The molecule has 0 radical (unpaired) electrons. The molecule has 0 aliphatic heterocycles. The van der Waals surface area contributed by atoms with Crippen molar-refractivity contribution in [3.63, 3.8) is 0 Å². The molecular weight excluding hydrogens is 470 g/mol. The van der Waals surface area contributed by atoms with Crippen molar-refractivity contribution in [3.8, 4) is 22.8 Å². The first-order valence-corrected chi connectivity index (χ1v) is 10.6. The number of carboxylic acids is 1. The number of benzene rings is 2. The van der Waals surface area contributed by atoms with E-state index < -0.39 is 10.9 Å². The third-order valence-electron chi connectivity index (χ3n) is 4.50. The lowest BCUT2D eigenvalue weighted by Gasteiger charge is -2.02. The van der Waals surface area contributed by atoms with Crippen molar-refractivity contribution in [2.45, 2.75) is 12.1 Å². The van der Waals surface area contributed by atoms with Gasteiger partial charge in [-0.05, 0) is 60.6 Å². The molecule has 2 heterocycles. The van der Waals surface area contributed by atoms with Crippen molar-refractivity contribution in [1.82, 2.24) is 10.2 Å². The number of carboxylic acid groups (broad SMARTS) is 1. The summed E-state index contributed by atoms with van der Waals surface area (Å²) in [6, 6.07) is 14.4. The van der Waals surface area contributed by atoms with Crippen molar-refractivity contribution in [3.05, 3.63) is 86.0 Å². The van der Waals surface area contributed by atoms with Gasteiger partial charge in [0.1, 0.15) is 16.4 Å². The second-order valence-electron chi connectivity index (χ2n) is 6.75. The van der Waals surface area contributed by atoms with Gasteiger partial charge in [-0.1, -0.05) is 17.7 Å². The average molecular weight is 484 g/mol. The number of nitro benzene ring substituents is 1. The highest BCUT2D eigenvalue weighted by molar-refractivity contribution is 8.03. The van der Waals surface area contributed by atoms with Crippen LogP contribution in [-0.4, -0.2) is 26.2 Å². The summed E-state index contributed by atoms with van der Waals surface area (Å²) in [4.78, 5) is 22.2. The smallest absolute Gasteiger partial charge is 0.342 e. The zero-order valence-electron chi connectivity index (χ0n) is 16.9. The number of aryl methyl sites for hydroxylation is 1.